The number of pyridine rings is 1. The normalized spacial score (nSPS) is 10.4. The first-order valence-corrected chi connectivity index (χ1v) is 14.2. The van der Waals surface area contributed by atoms with Crippen molar-refractivity contribution in [3.63, 3.8) is 0 Å². The van der Waals surface area contributed by atoms with Gasteiger partial charge >= 0.3 is 113 Å². The summed E-state index contributed by atoms with van der Waals surface area (Å²) in [6, 6.07) is 37.4. The predicted molar refractivity (Wildman–Crippen MR) is 148 cm³/mol. The van der Waals surface area contributed by atoms with Crippen LogP contribution in [0.3, 0.4) is 0 Å². The molecule has 0 fully saturated rings. The molecule has 5 aromatic rings. The zero-order valence-electron chi connectivity index (χ0n) is 20.0. The van der Waals surface area contributed by atoms with E-state index in [0.717, 1.165) is 24.0 Å². The number of hydrogen-bond acceptors (Lipinski definition) is 1. The van der Waals surface area contributed by atoms with E-state index in [1.54, 1.807) is 24.4 Å². The van der Waals surface area contributed by atoms with Crippen LogP contribution in [0, 0.1) is 15.9 Å². The Hall–Kier alpha value is -3.05. The van der Waals surface area contributed by atoms with Gasteiger partial charge in [0.15, 0.2) is 0 Å². The van der Waals surface area contributed by atoms with Gasteiger partial charge in [0.25, 0.3) is 0 Å². The number of aromatic nitrogens is 1. The summed E-state index contributed by atoms with van der Waals surface area (Å²) in [6.45, 7) is 2.07. The van der Waals surface area contributed by atoms with Crippen LogP contribution in [-0.4, -0.2) is 4.98 Å². The Morgan fingerprint density at radius 1 is 0.778 bits per heavy atom. The third-order valence-corrected chi connectivity index (χ3v) is 8.36. The van der Waals surface area contributed by atoms with Crippen LogP contribution >= 0.6 is 7.92 Å². The molecule has 0 amide bonds. The molecule has 0 aliphatic carbocycles. The molecule has 1 aromatic heterocycles. The predicted octanol–water partition coefficient (Wildman–Crippen LogP) is 6.63. The summed E-state index contributed by atoms with van der Waals surface area (Å²) >= 11 is 2.17. The van der Waals surface area contributed by atoms with Gasteiger partial charge in [-0.05, 0) is 23.8 Å². The van der Waals surface area contributed by atoms with Crippen molar-refractivity contribution in [1.82, 2.24) is 4.98 Å². The molecule has 0 saturated heterocycles. The van der Waals surface area contributed by atoms with Crippen molar-refractivity contribution in [2.24, 2.45) is 0 Å². The van der Waals surface area contributed by atoms with Gasteiger partial charge < -0.3 is 0 Å². The third kappa shape index (κ3) is 6.38. The molecule has 0 radical (unpaired) electrons. The SMILES string of the molecule is CCCc1cc(F)c2cccnc2c1C#[C][Au].c1ccc(P(c2ccccc2)c2ccccc2)cc1. The van der Waals surface area contributed by atoms with Crippen molar-refractivity contribution < 1.29 is 25.5 Å². The Balaban J connectivity index is 0.000000170. The molecular formula is C32H26AuFNP. The molecule has 1 heterocycles. The van der Waals surface area contributed by atoms with E-state index in [4.69, 9.17) is 0 Å². The van der Waals surface area contributed by atoms with Gasteiger partial charge in [0.2, 0.25) is 0 Å². The number of halogens is 1. The van der Waals surface area contributed by atoms with E-state index >= 15 is 0 Å². The van der Waals surface area contributed by atoms with Crippen molar-refractivity contribution in [3.8, 4) is 10.1 Å². The molecular weight excluding hydrogens is 645 g/mol. The summed E-state index contributed by atoms with van der Waals surface area (Å²) in [6.07, 6.45) is 3.46. The van der Waals surface area contributed by atoms with Gasteiger partial charge in [-0.15, -0.1) is 0 Å². The van der Waals surface area contributed by atoms with Crippen LogP contribution in [0.2, 0.25) is 0 Å². The molecule has 36 heavy (non-hydrogen) atoms. The molecule has 0 N–H and O–H groups in total. The van der Waals surface area contributed by atoms with Crippen LogP contribution in [-0.2, 0) is 27.5 Å². The maximum Gasteiger partial charge on any atom is -0.0134 e. The number of fused-ring (bicyclic) bond motifs is 1. The second-order valence-corrected chi connectivity index (χ2v) is 10.8. The first-order chi connectivity index (χ1) is 17.7. The van der Waals surface area contributed by atoms with Crippen LogP contribution in [0.4, 0.5) is 4.39 Å². The molecule has 182 valence electrons. The maximum absolute atomic E-state index is 13.9. The quantitative estimate of drug-likeness (QED) is 0.116. The summed E-state index contributed by atoms with van der Waals surface area (Å²) in [5.74, 6) is 2.81. The van der Waals surface area contributed by atoms with Crippen LogP contribution in [0.1, 0.15) is 24.5 Å². The molecule has 5 rings (SSSR count). The standard InChI is InChI=1S/C18H15P.C14H11FN.Au/c1-4-10-16(11-5-1)19(17-12-6-2-7-13-17)18-14-8-3-9-15-18;1-3-6-10-9-13(15)12-7-5-8-16-14(12)11(10)4-2;/h1-15H;5,7-9H,3,6H2,1H3;. The number of aryl methyl sites for hydroxylation is 1. The summed E-state index contributed by atoms with van der Waals surface area (Å²) in [4.78, 5) is 4.25. The second-order valence-electron chi connectivity index (χ2n) is 8.08. The molecule has 0 unspecified atom stereocenters. The van der Waals surface area contributed by atoms with Crippen molar-refractivity contribution in [2.45, 2.75) is 19.8 Å². The minimum absolute atomic E-state index is 0.215. The number of nitrogens with zero attached hydrogens (tertiary/aromatic N) is 1. The summed E-state index contributed by atoms with van der Waals surface area (Å²) in [5.41, 5.74) is 2.46. The zero-order valence-corrected chi connectivity index (χ0v) is 23.0. The summed E-state index contributed by atoms with van der Waals surface area (Å²) < 4.78 is 16.7. The van der Waals surface area contributed by atoms with E-state index < -0.39 is 7.92 Å². The Labute approximate surface area is 226 Å². The monoisotopic (exact) mass is 671 g/mol. The minimum atomic E-state index is -0.446. The first kappa shape index (κ1) is 26.0. The largest absolute Gasteiger partial charge is 0.0622 e. The number of benzene rings is 4. The molecule has 0 spiro atoms. The Morgan fingerprint density at radius 3 is 1.78 bits per heavy atom. The molecule has 4 heteroatoms. The van der Waals surface area contributed by atoms with Crippen molar-refractivity contribution in [1.29, 1.82) is 0 Å². The van der Waals surface area contributed by atoms with Crippen LogP contribution in [0.5, 0.6) is 0 Å². The van der Waals surface area contributed by atoms with Crippen LogP contribution in [0.25, 0.3) is 10.9 Å². The molecule has 0 aliphatic heterocycles. The Morgan fingerprint density at radius 2 is 1.31 bits per heavy atom. The number of rotatable bonds is 5. The Bertz CT molecular complexity index is 1370. The smallest absolute Gasteiger partial charge is 0.0134 e. The van der Waals surface area contributed by atoms with Gasteiger partial charge in [-0.1, -0.05) is 91.0 Å². The van der Waals surface area contributed by atoms with E-state index in [-0.39, 0.29) is 5.82 Å². The van der Waals surface area contributed by atoms with Crippen molar-refractivity contribution in [2.75, 3.05) is 0 Å². The fourth-order valence-electron chi connectivity index (χ4n) is 4.07. The van der Waals surface area contributed by atoms with Gasteiger partial charge in [-0.3, -0.25) is 0 Å². The molecule has 1 nitrogen and oxygen atoms in total. The minimum Gasteiger partial charge on any atom is -0.0622 e. The van der Waals surface area contributed by atoms with Gasteiger partial charge in [-0.2, -0.15) is 0 Å². The Kier molecular flexibility index (Phi) is 9.62. The van der Waals surface area contributed by atoms with E-state index in [0.29, 0.717) is 10.9 Å². The van der Waals surface area contributed by atoms with E-state index in [2.05, 4.69) is 134 Å². The first-order valence-electron chi connectivity index (χ1n) is 11.8. The average Bonchev–Trinajstić information content (AvgIpc) is 2.93. The maximum atomic E-state index is 13.9. The fourth-order valence-corrected chi connectivity index (χ4v) is 6.65. The fraction of sp³-hybridized carbons (Fsp3) is 0.0938. The zero-order chi connectivity index (χ0) is 25.2. The molecule has 4 aromatic carbocycles. The van der Waals surface area contributed by atoms with Gasteiger partial charge in [0.1, 0.15) is 0 Å². The van der Waals surface area contributed by atoms with Crippen LogP contribution in [0.15, 0.2) is 115 Å². The van der Waals surface area contributed by atoms with Crippen molar-refractivity contribution in [3.05, 3.63) is 132 Å². The topological polar surface area (TPSA) is 12.9 Å². The van der Waals surface area contributed by atoms with E-state index in [1.807, 2.05) is 0 Å². The number of hydrogen-bond donors (Lipinski definition) is 0. The molecule has 0 saturated carbocycles. The average molecular weight is 672 g/mol. The van der Waals surface area contributed by atoms with Gasteiger partial charge in [0, 0.05) is 0 Å². The van der Waals surface area contributed by atoms with Crippen molar-refractivity contribution >= 4 is 34.7 Å². The summed E-state index contributed by atoms with van der Waals surface area (Å²) in [5, 5.41) is 4.73. The summed E-state index contributed by atoms with van der Waals surface area (Å²) in [7, 11) is -0.446. The molecule has 0 bridgehead atoms. The van der Waals surface area contributed by atoms with E-state index in [9.17, 15) is 4.39 Å². The van der Waals surface area contributed by atoms with Crippen LogP contribution < -0.4 is 15.9 Å². The van der Waals surface area contributed by atoms with E-state index in [1.165, 1.54) is 15.9 Å². The third-order valence-electron chi connectivity index (χ3n) is 5.65. The van der Waals surface area contributed by atoms with Gasteiger partial charge in [0.05, 0.1) is 0 Å². The molecule has 0 aliphatic rings. The second kappa shape index (κ2) is 13.3. The molecule has 0 atom stereocenters. The van der Waals surface area contributed by atoms with Gasteiger partial charge in [-0.25, -0.2) is 0 Å².